The number of hydrogen-bond acceptors (Lipinski definition) is 4. The van der Waals surface area contributed by atoms with Crippen molar-refractivity contribution in [3.8, 4) is 6.07 Å². The molecular weight excluding hydrogens is 240 g/mol. The number of nitrogens with zero attached hydrogens (tertiary/aromatic N) is 2. The number of amides is 1. The first-order valence-electron chi connectivity index (χ1n) is 5.57. The highest BCUT2D eigenvalue weighted by Gasteiger charge is 2.30. The summed E-state index contributed by atoms with van der Waals surface area (Å²) in [5.74, 6) is 1.42. The van der Waals surface area contributed by atoms with E-state index in [4.69, 9.17) is 17.5 Å². The number of carbonyl (C=O) groups excluding carboxylic acids is 1. The van der Waals surface area contributed by atoms with Crippen LogP contribution in [0.15, 0.2) is 0 Å². The van der Waals surface area contributed by atoms with Gasteiger partial charge in [0.2, 0.25) is 5.91 Å². The molecule has 1 heterocycles. The number of carbonyl (C=O) groups is 1. The molecule has 0 spiro atoms. The molecule has 0 aromatic rings. The van der Waals surface area contributed by atoms with Gasteiger partial charge in [0.15, 0.2) is 0 Å². The van der Waals surface area contributed by atoms with Gasteiger partial charge in [-0.3, -0.25) is 9.69 Å². The largest absolute Gasteiger partial charge is 0.297 e. The van der Waals surface area contributed by atoms with Gasteiger partial charge < -0.3 is 0 Å². The Morgan fingerprint density at radius 2 is 2.12 bits per heavy atom. The van der Waals surface area contributed by atoms with E-state index in [1.165, 1.54) is 11.8 Å². The van der Waals surface area contributed by atoms with Crippen molar-refractivity contribution in [1.82, 2.24) is 4.90 Å². The Morgan fingerprint density at radius 3 is 2.62 bits per heavy atom. The molecule has 0 aromatic heterocycles. The fourth-order valence-electron chi connectivity index (χ4n) is 2.29. The molecule has 0 aromatic carbocycles. The number of hydrogen-bond donors (Lipinski definition) is 0. The van der Waals surface area contributed by atoms with E-state index in [1.807, 2.05) is 0 Å². The van der Waals surface area contributed by atoms with Gasteiger partial charge in [-0.25, -0.2) is 0 Å². The van der Waals surface area contributed by atoms with Crippen molar-refractivity contribution in [3.63, 3.8) is 0 Å². The summed E-state index contributed by atoms with van der Waals surface area (Å²) in [6.07, 6.45) is 4.05. The molecule has 16 heavy (non-hydrogen) atoms. The van der Waals surface area contributed by atoms with Gasteiger partial charge in [-0.15, -0.1) is 0 Å². The molecule has 1 aliphatic heterocycles. The Balaban J connectivity index is 1.85. The van der Waals surface area contributed by atoms with Crippen molar-refractivity contribution in [2.75, 3.05) is 12.3 Å². The number of nitriles is 1. The first-order chi connectivity index (χ1) is 7.70. The minimum absolute atomic E-state index is 0.150. The van der Waals surface area contributed by atoms with Crippen molar-refractivity contribution in [3.05, 3.63) is 0 Å². The lowest BCUT2D eigenvalue weighted by atomic mass is 9.82. The first kappa shape index (κ1) is 11.9. The Hall–Kier alpha value is -0.600. The molecule has 0 atom stereocenters. The zero-order chi connectivity index (χ0) is 11.5. The third-order valence-electron chi connectivity index (χ3n) is 3.31. The summed E-state index contributed by atoms with van der Waals surface area (Å²) in [7, 11) is 0. The Kier molecular flexibility index (Phi) is 3.82. The van der Waals surface area contributed by atoms with Gasteiger partial charge in [0.25, 0.3) is 0 Å². The van der Waals surface area contributed by atoms with Gasteiger partial charge in [-0.05, 0) is 31.6 Å². The average Bonchev–Trinajstić information content (AvgIpc) is 2.62. The van der Waals surface area contributed by atoms with Crippen LogP contribution in [0.2, 0.25) is 0 Å². The molecule has 1 aliphatic carbocycles. The number of thiocarbonyl (C=S) groups is 1. The van der Waals surface area contributed by atoms with Gasteiger partial charge in [-0.2, -0.15) is 5.26 Å². The Morgan fingerprint density at radius 1 is 1.44 bits per heavy atom. The number of thioether (sulfide) groups is 1. The molecule has 2 aliphatic rings. The van der Waals surface area contributed by atoms with Crippen LogP contribution in [0.3, 0.4) is 0 Å². The summed E-state index contributed by atoms with van der Waals surface area (Å²) >= 11 is 6.61. The molecule has 0 N–H and O–H groups in total. The number of rotatable bonds is 2. The van der Waals surface area contributed by atoms with E-state index in [0.29, 0.717) is 11.7 Å². The molecule has 3 nitrogen and oxygen atoms in total. The van der Waals surface area contributed by atoms with Crippen molar-refractivity contribution >= 4 is 34.2 Å². The molecule has 2 rings (SSSR count). The van der Waals surface area contributed by atoms with Crippen LogP contribution in [0.25, 0.3) is 0 Å². The summed E-state index contributed by atoms with van der Waals surface area (Å²) in [6.45, 7) is 0.767. The highest BCUT2D eigenvalue weighted by atomic mass is 32.2. The molecule has 2 fully saturated rings. The second-order valence-electron chi connectivity index (χ2n) is 4.41. The smallest absolute Gasteiger partial charge is 0.238 e. The van der Waals surface area contributed by atoms with Crippen LogP contribution >= 0.6 is 24.0 Å². The van der Waals surface area contributed by atoms with Gasteiger partial charge in [0.05, 0.1) is 11.8 Å². The topological polar surface area (TPSA) is 44.1 Å². The molecule has 0 unspecified atom stereocenters. The van der Waals surface area contributed by atoms with E-state index in [2.05, 4.69) is 6.07 Å². The fourth-order valence-corrected chi connectivity index (χ4v) is 3.38. The predicted octanol–water partition coefficient (Wildman–Crippen LogP) is 2.18. The van der Waals surface area contributed by atoms with E-state index < -0.39 is 0 Å². The SMILES string of the molecule is N#CC1CCC(CN2C(=O)CSC2=S)CC1. The molecule has 1 amide bonds. The van der Waals surface area contributed by atoms with Crippen LogP contribution in [0, 0.1) is 23.2 Å². The Labute approximate surface area is 105 Å². The van der Waals surface area contributed by atoms with E-state index >= 15 is 0 Å². The maximum absolute atomic E-state index is 11.5. The zero-order valence-corrected chi connectivity index (χ0v) is 10.6. The quantitative estimate of drug-likeness (QED) is 0.708. The van der Waals surface area contributed by atoms with Crippen molar-refractivity contribution < 1.29 is 4.79 Å². The lowest BCUT2D eigenvalue weighted by Gasteiger charge is -2.28. The van der Waals surface area contributed by atoms with Crippen LogP contribution in [-0.2, 0) is 4.79 Å². The third kappa shape index (κ3) is 2.55. The average molecular weight is 254 g/mol. The summed E-state index contributed by atoms with van der Waals surface area (Å²) in [5.41, 5.74) is 0. The predicted molar refractivity (Wildman–Crippen MR) is 67.8 cm³/mol. The van der Waals surface area contributed by atoms with Crippen LogP contribution in [0.4, 0.5) is 0 Å². The summed E-state index contributed by atoms with van der Waals surface area (Å²) < 4.78 is 0.729. The van der Waals surface area contributed by atoms with E-state index in [1.54, 1.807) is 4.90 Å². The van der Waals surface area contributed by atoms with Gasteiger partial charge in [0, 0.05) is 12.5 Å². The molecule has 1 saturated carbocycles. The zero-order valence-electron chi connectivity index (χ0n) is 9.02. The van der Waals surface area contributed by atoms with Crippen LogP contribution in [0.5, 0.6) is 0 Å². The molecule has 0 radical (unpaired) electrons. The van der Waals surface area contributed by atoms with Crippen LogP contribution in [0.1, 0.15) is 25.7 Å². The first-order valence-corrected chi connectivity index (χ1v) is 6.97. The summed E-state index contributed by atoms with van der Waals surface area (Å²) in [5, 5.41) is 8.81. The molecule has 5 heteroatoms. The monoisotopic (exact) mass is 254 g/mol. The standard InChI is InChI=1S/C11H14N2OS2/c12-5-8-1-3-9(4-2-8)6-13-10(14)7-16-11(13)15/h8-9H,1-4,6-7H2. The van der Waals surface area contributed by atoms with Crippen molar-refractivity contribution in [2.24, 2.45) is 11.8 Å². The molecule has 0 bridgehead atoms. The highest BCUT2D eigenvalue weighted by Crippen LogP contribution is 2.30. The van der Waals surface area contributed by atoms with Crippen LogP contribution < -0.4 is 0 Å². The minimum Gasteiger partial charge on any atom is -0.297 e. The van der Waals surface area contributed by atoms with Gasteiger partial charge in [0.1, 0.15) is 4.32 Å². The van der Waals surface area contributed by atoms with Gasteiger partial charge >= 0.3 is 0 Å². The van der Waals surface area contributed by atoms with Crippen molar-refractivity contribution in [2.45, 2.75) is 25.7 Å². The highest BCUT2D eigenvalue weighted by molar-refractivity contribution is 8.23. The van der Waals surface area contributed by atoms with E-state index in [0.717, 1.165) is 36.5 Å². The molecule has 1 saturated heterocycles. The Bertz CT molecular complexity index is 326. The summed E-state index contributed by atoms with van der Waals surface area (Å²) in [6, 6.07) is 2.33. The second-order valence-corrected chi connectivity index (χ2v) is 6.01. The van der Waals surface area contributed by atoms with Crippen molar-refractivity contribution in [1.29, 1.82) is 5.26 Å². The molecule has 86 valence electrons. The molecular formula is C11H14N2OS2. The lowest BCUT2D eigenvalue weighted by molar-refractivity contribution is -0.124. The normalized spacial score (nSPS) is 30.6. The fraction of sp³-hybridized carbons (Fsp3) is 0.727. The van der Waals surface area contributed by atoms with Crippen LogP contribution in [-0.4, -0.2) is 27.4 Å². The maximum atomic E-state index is 11.5. The maximum Gasteiger partial charge on any atom is 0.238 e. The van der Waals surface area contributed by atoms with E-state index in [-0.39, 0.29) is 11.8 Å². The second kappa shape index (κ2) is 5.15. The van der Waals surface area contributed by atoms with Gasteiger partial charge in [-0.1, -0.05) is 24.0 Å². The lowest BCUT2D eigenvalue weighted by Crippen LogP contribution is -2.34. The minimum atomic E-state index is 0.150. The van der Waals surface area contributed by atoms with E-state index in [9.17, 15) is 4.79 Å². The third-order valence-corrected chi connectivity index (χ3v) is 4.74. The summed E-state index contributed by atoms with van der Waals surface area (Å²) in [4.78, 5) is 13.3.